The number of aromatic nitrogens is 2. The van der Waals surface area contributed by atoms with Crippen LogP contribution in [-0.4, -0.2) is 47.0 Å². The fourth-order valence-corrected chi connectivity index (χ4v) is 3.27. The molecular formula is C14H16N4O. The zero-order valence-corrected chi connectivity index (χ0v) is 10.6. The number of benzene rings is 1. The molecule has 1 aromatic carbocycles. The molecule has 98 valence electrons. The third kappa shape index (κ3) is 1.73. The highest BCUT2D eigenvalue weighted by Gasteiger charge is 2.38. The van der Waals surface area contributed by atoms with E-state index >= 15 is 0 Å². The SMILES string of the molecule is O=C(c1ccc2nc[nH]c2c1)N1CC2CNCC2C1. The molecule has 0 spiro atoms. The maximum absolute atomic E-state index is 12.5. The van der Waals surface area contributed by atoms with Gasteiger partial charge in [0, 0.05) is 31.7 Å². The minimum Gasteiger partial charge on any atom is -0.345 e. The molecule has 19 heavy (non-hydrogen) atoms. The lowest BCUT2D eigenvalue weighted by Gasteiger charge is -2.17. The number of carbonyl (C=O) groups excluding carboxylic acids is 1. The molecule has 2 N–H and O–H groups in total. The Morgan fingerprint density at radius 2 is 2.05 bits per heavy atom. The van der Waals surface area contributed by atoms with E-state index in [1.54, 1.807) is 6.33 Å². The van der Waals surface area contributed by atoms with E-state index in [-0.39, 0.29) is 5.91 Å². The van der Waals surface area contributed by atoms with Crippen LogP contribution >= 0.6 is 0 Å². The van der Waals surface area contributed by atoms with Crippen molar-refractivity contribution < 1.29 is 4.79 Å². The van der Waals surface area contributed by atoms with Crippen LogP contribution in [0.4, 0.5) is 0 Å². The average molecular weight is 256 g/mol. The minimum absolute atomic E-state index is 0.144. The molecule has 0 saturated carbocycles. The topological polar surface area (TPSA) is 61.0 Å². The van der Waals surface area contributed by atoms with Crippen LogP contribution in [0.3, 0.4) is 0 Å². The van der Waals surface area contributed by atoms with E-state index in [2.05, 4.69) is 15.3 Å². The van der Waals surface area contributed by atoms with Crippen molar-refractivity contribution in [2.75, 3.05) is 26.2 Å². The van der Waals surface area contributed by atoms with Gasteiger partial charge in [-0.25, -0.2) is 4.98 Å². The van der Waals surface area contributed by atoms with Crippen LogP contribution in [0.25, 0.3) is 11.0 Å². The second-order valence-electron chi connectivity index (χ2n) is 5.52. The summed E-state index contributed by atoms with van der Waals surface area (Å²) < 4.78 is 0. The van der Waals surface area contributed by atoms with Gasteiger partial charge in [0.1, 0.15) is 0 Å². The van der Waals surface area contributed by atoms with Crippen molar-refractivity contribution in [1.29, 1.82) is 0 Å². The maximum Gasteiger partial charge on any atom is 0.253 e. The first kappa shape index (κ1) is 11.0. The number of imidazole rings is 1. The molecule has 2 fully saturated rings. The molecule has 5 heteroatoms. The predicted molar refractivity (Wildman–Crippen MR) is 71.8 cm³/mol. The Hall–Kier alpha value is -1.88. The van der Waals surface area contributed by atoms with E-state index in [1.807, 2.05) is 23.1 Å². The first-order valence-corrected chi connectivity index (χ1v) is 6.74. The summed E-state index contributed by atoms with van der Waals surface area (Å²) in [6.45, 7) is 3.87. The second kappa shape index (κ2) is 4.06. The third-order valence-corrected chi connectivity index (χ3v) is 4.34. The lowest BCUT2D eigenvalue weighted by molar-refractivity contribution is 0.0782. The van der Waals surface area contributed by atoms with Gasteiger partial charge in [-0.15, -0.1) is 0 Å². The number of nitrogens with one attached hydrogen (secondary N) is 2. The van der Waals surface area contributed by atoms with Gasteiger partial charge in [0.05, 0.1) is 17.4 Å². The molecule has 0 radical (unpaired) electrons. The van der Waals surface area contributed by atoms with E-state index in [1.165, 1.54) is 0 Å². The van der Waals surface area contributed by atoms with Crippen molar-refractivity contribution in [3.8, 4) is 0 Å². The summed E-state index contributed by atoms with van der Waals surface area (Å²) in [6, 6.07) is 5.67. The molecule has 1 aromatic heterocycles. The molecule has 3 heterocycles. The highest BCUT2D eigenvalue weighted by Crippen LogP contribution is 2.27. The highest BCUT2D eigenvalue weighted by atomic mass is 16.2. The molecule has 2 unspecified atom stereocenters. The summed E-state index contributed by atoms with van der Waals surface area (Å²) in [5.74, 6) is 1.42. The Kier molecular flexibility index (Phi) is 2.35. The Labute approximate surface area is 111 Å². The summed E-state index contributed by atoms with van der Waals surface area (Å²) in [6.07, 6.45) is 1.66. The first-order chi connectivity index (χ1) is 9.31. The van der Waals surface area contributed by atoms with Crippen LogP contribution in [0, 0.1) is 11.8 Å². The van der Waals surface area contributed by atoms with E-state index in [9.17, 15) is 4.79 Å². The molecule has 2 atom stereocenters. The van der Waals surface area contributed by atoms with Crippen molar-refractivity contribution in [3.63, 3.8) is 0 Å². The molecule has 2 saturated heterocycles. The van der Waals surface area contributed by atoms with E-state index < -0.39 is 0 Å². The van der Waals surface area contributed by atoms with Gasteiger partial charge in [-0.2, -0.15) is 0 Å². The normalized spacial score (nSPS) is 26.0. The molecule has 1 amide bonds. The van der Waals surface area contributed by atoms with Crippen LogP contribution in [0.1, 0.15) is 10.4 Å². The van der Waals surface area contributed by atoms with Gasteiger partial charge in [0.25, 0.3) is 5.91 Å². The van der Waals surface area contributed by atoms with Crippen molar-refractivity contribution in [2.24, 2.45) is 11.8 Å². The molecule has 0 bridgehead atoms. The van der Waals surface area contributed by atoms with Crippen LogP contribution in [-0.2, 0) is 0 Å². The van der Waals surface area contributed by atoms with Gasteiger partial charge in [-0.1, -0.05) is 0 Å². The third-order valence-electron chi connectivity index (χ3n) is 4.34. The zero-order chi connectivity index (χ0) is 12.8. The van der Waals surface area contributed by atoms with Gasteiger partial charge in [0.15, 0.2) is 0 Å². The van der Waals surface area contributed by atoms with Crippen LogP contribution in [0.5, 0.6) is 0 Å². The molecule has 0 aliphatic carbocycles. The minimum atomic E-state index is 0.144. The average Bonchev–Trinajstić information content (AvgIpc) is 3.11. The number of nitrogens with zero attached hydrogens (tertiary/aromatic N) is 2. The van der Waals surface area contributed by atoms with E-state index in [0.29, 0.717) is 11.8 Å². The number of rotatable bonds is 1. The number of hydrogen-bond donors (Lipinski definition) is 2. The van der Waals surface area contributed by atoms with Crippen molar-refractivity contribution >= 4 is 16.9 Å². The largest absolute Gasteiger partial charge is 0.345 e. The number of fused-ring (bicyclic) bond motifs is 2. The summed E-state index contributed by atoms with van der Waals surface area (Å²) in [5, 5.41) is 3.39. The van der Waals surface area contributed by atoms with Gasteiger partial charge in [-0.3, -0.25) is 4.79 Å². The second-order valence-corrected chi connectivity index (χ2v) is 5.52. The zero-order valence-electron chi connectivity index (χ0n) is 10.6. The molecular weight excluding hydrogens is 240 g/mol. The standard InChI is InChI=1S/C14H16N4O/c19-14(18-6-10-4-15-5-11(10)7-18)9-1-2-12-13(3-9)17-8-16-12/h1-3,8,10-11,15H,4-7H2,(H,16,17). The Morgan fingerprint density at radius 3 is 2.84 bits per heavy atom. The van der Waals surface area contributed by atoms with Crippen molar-refractivity contribution in [3.05, 3.63) is 30.1 Å². The van der Waals surface area contributed by atoms with Crippen molar-refractivity contribution in [2.45, 2.75) is 0 Å². The Bertz CT molecular complexity index is 623. The Balaban J connectivity index is 1.59. The van der Waals surface area contributed by atoms with Gasteiger partial charge in [0.2, 0.25) is 0 Å². The number of H-pyrrole nitrogens is 1. The van der Waals surface area contributed by atoms with Crippen molar-refractivity contribution in [1.82, 2.24) is 20.2 Å². The fraction of sp³-hybridized carbons (Fsp3) is 0.429. The van der Waals surface area contributed by atoms with E-state index in [4.69, 9.17) is 0 Å². The smallest absolute Gasteiger partial charge is 0.253 e. The molecule has 5 nitrogen and oxygen atoms in total. The van der Waals surface area contributed by atoms with Gasteiger partial charge in [-0.05, 0) is 30.0 Å². The quantitative estimate of drug-likeness (QED) is 0.795. The number of carbonyl (C=O) groups is 1. The molecule has 2 aromatic rings. The predicted octanol–water partition coefficient (Wildman–Crippen LogP) is 0.854. The summed E-state index contributed by atoms with van der Waals surface area (Å²) >= 11 is 0. The Morgan fingerprint density at radius 1 is 1.26 bits per heavy atom. The fourth-order valence-electron chi connectivity index (χ4n) is 3.27. The lowest BCUT2D eigenvalue weighted by atomic mass is 10.0. The summed E-state index contributed by atoms with van der Waals surface area (Å²) in [4.78, 5) is 21.7. The number of amides is 1. The summed E-state index contributed by atoms with van der Waals surface area (Å²) in [5.41, 5.74) is 2.58. The first-order valence-electron chi connectivity index (χ1n) is 6.74. The highest BCUT2D eigenvalue weighted by molar-refractivity contribution is 5.97. The van der Waals surface area contributed by atoms with Crippen LogP contribution < -0.4 is 5.32 Å². The monoisotopic (exact) mass is 256 g/mol. The number of aromatic amines is 1. The molecule has 2 aliphatic heterocycles. The number of hydrogen-bond acceptors (Lipinski definition) is 3. The molecule has 2 aliphatic rings. The van der Waals surface area contributed by atoms with E-state index in [0.717, 1.165) is 42.8 Å². The maximum atomic E-state index is 12.5. The summed E-state index contributed by atoms with van der Waals surface area (Å²) in [7, 11) is 0. The van der Waals surface area contributed by atoms with Gasteiger partial charge >= 0.3 is 0 Å². The van der Waals surface area contributed by atoms with Crippen LogP contribution in [0.2, 0.25) is 0 Å². The molecule has 4 rings (SSSR count). The van der Waals surface area contributed by atoms with Crippen LogP contribution in [0.15, 0.2) is 24.5 Å². The lowest BCUT2D eigenvalue weighted by Crippen LogP contribution is -2.31. The number of likely N-dealkylation sites (tertiary alicyclic amines) is 1. The van der Waals surface area contributed by atoms with Gasteiger partial charge < -0.3 is 15.2 Å².